The molecule has 2 aromatic carbocycles. The van der Waals surface area contributed by atoms with Crippen LogP contribution in [0.3, 0.4) is 0 Å². The summed E-state index contributed by atoms with van der Waals surface area (Å²) in [5.41, 5.74) is 2.52. The van der Waals surface area contributed by atoms with E-state index in [4.69, 9.17) is 9.40 Å². The molecule has 0 aliphatic carbocycles. The number of furan rings is 1. The van der Waals surface area contributed by atoms with Crippen LogP contribution >= 0.6 is 0 Å². The number of nitrogens with one attached hydrogen (secondary N) is 1. The second-order valence-corrected chi connectivity index (χ2v) is 8.71. The first-order valence-corrected chi connectivity index (χ1v) is 11.8. The van der Waals surface area contributed by atoms with Crippen molar-refractivity contribution in [2.24, 2.45) is 5.92 Å². The number of rotatable bonds is 7. The fourth-order valence-corrected chi connectivity index (χ4v) is 4.60. The van der Waals surface area contributed by atoms with Gasteiger partial charge in [0, 0.05) is 26.1 Å². The summed E-state index contributed by atoms with van der Waals surface area (Å²) in [7, 11) is 0. The van der Waals surface area contributed by atoms with Crippen molar-refractivity contribution in [3.63, 3.8) is 0 Å². The molecule has 1 amide bonds. The van der Waals surface area contributed by atoms with Crippen LogP contribution in [0.2, 0.25) is 0 Å². The Hall–Kier alpha value is -3.87. The molecule has 1 atom stereocenters. The van der Waals surface area contributed by atoms with E-state index < -0.39 is 0 Å². The minimum atomic E-state index is -0.180. The summed E-state index contributed by atoms with van der Waals surface area (Å²) in [6, 6.07) is 21.4. The summed E-state index contributed by atoms with van der Waals surface area (Å²) in [4.78, 5) is 33.2. The number of carbonyl (C=O) groups excluding carboxylic acids is 1. The number of amides is 1. The van der Waals surface area contributed by atoms with Crippen molar-refractivity contribution < 1.29 is 9.21 Å². The summed E-state index contributed by atoms with van der Waals surface area (Å²) in [5.74, 6) is 1.11. The topological polar surface area (TPSA) is 80.4 Å². The van der Waals surface area contributed by atoms with Gasteiger partial charge in [-0.05, 0) is 42.7 Å². The molecule has 1 aliphatic rings. The average molecular weight is 457 g/mol. The fraction of sp³-hybridized carbons (Fsp3) is 0.296. The zero-order valence-corrected chi connectivity index (χ0v) is 19.0. The SMILES string of the molecule is O=C(NCCc1ccco1)[C@H]1CCCN(c2nc3ccccc3n(Cc3ccccc3)c2=O)C1. The molecule has 3 heterocycles. The third-order valence-electron chi connectivity index (χ3n) is 6.36. The highest BCUT2D eigenvalue weighted by atomic mass is 16.3. The third-order valence-corrected chi connectivity index (χ3v) is 6.36. The second kappa shape index (κ2) is 9.95. The van der Waals surface area contributed by atoms with Gasteiger partial charge in [-0.2, -0.15) is 0 Å². The molecule has 1 N–H and O–H groups in total. The molecular weight excluding hydrogens is 428 g/mol. The van der Waals surface area contributed by atoms with Crippen LogP contribution in [0.4, 0.5) is 5.82 Å². The van der Waals surface area contributed by atoms with Gasteiger partial charge in [0.2, 0.25) is 5.91 Å². The zero-order valence-electron chi connectivity index (χ0n) is 19.0. The Labute approximate surface area is 198 Å². The maximum absolute atomic E-state index is 13.6. The fourth-order valence-electron chi connectivity index (χ4n) is 4.60. The van der Waals surface area contributed by atoms with Gasteiger partial charge < -0.3 is 14.6 Å². The third kappa shape index (κ3) is 4.73. The highest BCUT2D eigenvalue weighted by Gasteiger charge is 2.28. The van der Waals surface area contributed by atoms with E-state index in [2.05, 4.69) is 5.32 Å². The lowest BCUT2D eigenvalue weighted by molar-refractivity contribution is -0.125. The number of hydrogen-bond donors (Lipinski definition) is 1. The van der Waals surface area contributed by atoms with Gasteiger partial charge in [-0.15, -0.1) is 0 Å². The van der Waals surface area contributed by atoms with E-state index in [-0.39, 0.29) is 17.4 Å². The van der Waals surface area contributed by atoms with Gasteiger partial charge in [0.25, 0.3) is 5.56 Å². The Bertz CT molecular complexity index is 1310. The summed E-state index contributed by atoms with van der Waals surface area (Å²) in [6.45, 7) is 2.20. The molecular formula is C27H28N4O3. The number of hydrogen-bond acceptors (Lipinski definition) is 5. The second-order valence-electron chi connectivity index (χ2n) is 8.71. The van der Waals surface area contributed by atoms with E-state index in [1.54, 1.807) is 10.8 Å². The highest BCUT2D eigenvalue weighted by Crippen LogP contribution is 2.22. The van der Waals surface area contributed by atoms with E-state index in [0.29, 0.717) is 38.4 Å². The zero-order chi connectivity index (χ0) is 23.3. The van der Waals surface area contributed by atoms with Crippen molar-refractivity contribution in [3.8, 4) is 0 Å². The lowest BCUT2D eigenvalue weighted by Crippen LogP contribution is -2.46. The van der Waals surface area contributed by atoms with Gasteiger partial charge in [0.05, 0.1) is 29.8 Å². The van der Waals surface area contributed by atoms with Gasteiger partial charge in [-0.25, -0.2) is 4.98 Å². The first-order chi connectivity index (χ1) is 16.7. The van der Waals surface area contributed by atoms with E-state index in [9.17, 15) is 9.59 Å². The summed E-state index contributed by atoms with van der Waals surface area (Å²) >= 11 is 0. The van der Waals surface area contributed by atoms with E-state index in [1.807, 2.05) is 71.6 Å². The van der Waals surface area contributed by atoms with Crippen molar-refractivity contribution in [2.45, 2.75) is 25.8 Å². The molecule has 1 saturated heterocycles. The molecule has 0 saturated carbocycles. The lowest BCUT2D eigenvalue weighted by Gasteiger charge is -2.32. The molecule has 4 aromatic rings. The van der Waals surface area contributed by atoms with Gasteiger partial charge in [-0.1, -0.05) is 42.5 Å². The molecule has 0 radical (unpaired) electrons. The molecule has 1 aliphatic heterocycles. The molecule has 0 bridgehead atoms. The van der Waals surface area contributed by atoms with E-state index >= 15 is 0 Å². The Balaban J connectivity index is 1.37. The minimum Gasteiger partial charge on any atom is -0.469 e. The van der Waals surface area contributed by atoms with Crippen molar-refractivity contribution in [2.75, 3.05) is 24.5 Å². The number of piperidine rings is 1. The number of nitrogens with zero attached hydrogens (tertiary/aromatic N) is 3. The first-order valence-electron chi connectivity index (χ1n) is 11.8. The van der Waals surface area contributed by atoms with Crippen LogP contribution in [-0.2, 0) is 17.8 Å². The van der Waals surface area contributed by atoms with Crippen LogP contribution in [0.1, 0.15) is 24.2 Å². The Morgan fingerprint density at radius 2 is 1.88 bits per heavy atom. The molecule has 0 unspecified atom stereocenters. The lowest BCUT2D eigenvalue weighted by atomic mass is 9.97. The standard InChI is InChI=1S/C27H28N4O3/c32-26(28-15-14-22-11-7-17-34-22)21-10-6-16-30(19-21)25-27(33)31(18-20-8-2-1-3-9-20)24-13-5-4-12-23(24)29-25/h1-5,7-9,11-13,17,21H,6,10,14-16,18-19H2,(H,28,32)/t21-/m0/s1. The summed E-state index contributed by atoms with van der Waals surface area (Å²) in [5, 5.41) is 3.02. The quantitative estimate of drug-likeness (QED) is 0.460. The Morgan fingerprint density at radius 3 is 2.71 bits per heavy atom. The first kappa shape index (κ1) is 21.9. The predicted octanol–water partition coefficient (Wildman–Crippen LogP) is 3.61. The molecule has 34 heavy (non-hydrogen) atoms. The molecule has 7 heteroatoms. The number of benzene rings is 2. The maximum Gasteiger partial charge on any atom is 0.294 e. The molecule has 7 nitrogen and oxygen atoms in total. The number of carbonyl (C=O) groups is 1. The van der Waals surface area contributed by atoms with Crippen molar-refractivity contribution in [3.05, 3.63) is 94.7 Å². The van der Waals surface area contributed by atoms with Crippen molar-refractivity contribution in [1.82, 2.24) is 14.9 Å². The van der Waals surface area contributed by atoms with Crippen molar-refractivity contribution in [1.29, 1.82) is 0 Å². The monoisotopic (exact) mass is 456 g/mol. The Morgan fingerprint density at radius 1 is 1.06 bits per heavy atom. The number of fused-ring (bicyclic) bond motifs is 1. The van der Waals surface area contributed by atoms with Crippen LogP contribution in [-0.4, -0.2) is 35.1 Å². The van der Waals surface area contributed by atoms with Gasteiger partial charge >= 0.3 is 0 Å². The van der Waals surface area contributed by atoms with Crippen LogP contribution in [0.25, 0.3) is 11.0 Å². The van der Waals surface area contributed by atoms with Crippen LogP contribution in [0.5, 0.6) is 0 Å². The highest BCUT2D eigenvalue weighted by molar-refractivity contribution is 5.80. The van der Waals surface area contributed by atoms with Crippen molar-refractivity contribution >= 4 is 22.8 Å². The molecule has 1 fully saturated rings. The predicted molar refractivity (Wildman–Crippen MR) is 132 cm³/mol. The molecule has 5 rings (SSSR count). The Kier molecular flexibility index (Phi) is 6.42. The van der Waals surface area contributed by atoms with Gasteiger partial charge in [-0.3, -0.25) is 14.2 Å². The molecule has 2 aromatic heterocycles. The van der Waals surface area contributed by atoms with Crippen LogP contribution in [0, 0.1) is 5.92 Å². The maximum atomic E-state index is 13.6. The average Bonchev–Trinajstić information content (AvgIpc) is 3.40. The minimum absolute atomic E-state index is 0.0154. The normalized spacial score (nSPS) is 16.0. The smallest absolute Gasteiger partial charge is 0.294 e. The van der Waals surface area contributed by atoms with Crippen LogP contribution in [0.15, 0.2) is 82.2 Å². The summed E-state index contributed by atoms with van der Waals surface area (Å²) < 4.78 is 7.12. The molecule has 174 valence electrons. The summed E-state index contributed by atoms with van der Waals surface area (Å²) in [6.07, 6.45) is 3.93. The van der Waals surface area contributed by atoms with E-state index in [0.717, 1.165) is 35.2 Å². The van der Waals surface area contributed by atoms with Gasteiger partial charge in [0.15, 0.2) is 5.82 Å². The van der Waals surface area contributed by atoms with E-state index in [1.165, 1.54) is 0 Å². The molecule has 0 spiro atoms. The number of para-hydroxylation sites is 2. The number of aromatic nitrogens is 2. The number of anilines is 1. The van der Waals surface area contributed by atoms with Gasteiger partial charge in [0.1, 0.15) is 5.76 Å². The largest absolute Gasteiger partial charge is 0.469 e. The van der Waals surface area contributed by atoms with Crippen LogP contribution < -0.4 is 15.8 Å².